The predicted molar refractivity (Wildman–Crippen MR) is 113 cm³/mol. The summed E-state index contributed by atoms with van der Waals surface area (Å²) in [7, 11) is 0. The highest BCUT2D eigenvalue weighted by atomic mass is 16.4. The molecule has 2 N–H and O–H groups in total. The Labute approximate surface area is 178 Å². The summed E-state index contributed by atoms with van der Waals surface area (Å²) in [6, 6.07) is 11.0. The molecule has 1 aliphatic heterocycles. The number of hydrogen-bond donors (Lipinski definition) is 2. The molecule has 156 valence electrons. The van der Waals surface area contributed by atoms with Crippen LogP contribution in [0.25, 0.3) is 0 Å². The van der Waals surface area contributed by atoms with Gasteiger partial charge in [0.05, 0.1) is 28.8 Å². The molecule has 5 rings (SSSR count). The van der Waals surface area contributed by atoms with Gasteiger partial charge in [-0.3, -0.25) is 14.4 Å². The molecule has 0 unspecified atom stereocenters. The number of carboxylic acid groups (broad SMARTS) is 1. The smallest absolute Gasteiger partial charge is 0.337 e. The van der Waals surface area contributed by atoms with Gasteiger partial charge in [-0.2, -0.15) is 0 Å². The topological polar surface area (TPSA) is 104 Å². The molecular weight excluding hydrogens is 396 g/mol. The molecule has 2 fully saturated rings. The van der Waals surface area contributed by atoms with Gasteiger partial charge in [-0.25, -0.2) is 9.69 Å². The number of carboxylic acids is 1. The number of benzene rings is 2. The van der Waals surface area contributed by atoms with Crippen molar-refractivity contribution in [2.24, 2.45) is 23.7 Å². The normalized spacial score (nSPS) is 25.8. The Kier molecular flexibility index (Phi) is 4.28. The first-order chi connectivity index (χ1) is 14.8. The largest absolute Gasteiger partial charge is 0.478 e. The molecule has 3 amide bonds. The van der Waals surface area contributed by atoms with E-state index in [1.807, 2.05) is 12.2 Å². The van der Waals surface area contributed by atoms with E-state index < -0.39 is 11.9 Å². The van der Waals surface area contributed by atoms with E-state index in [1.165, 1.54) is 17.0 Å². The summed E-state index contributed by atoms with van der Waals surface area (Å²) in [5.74, 6) is -2.50. The number of imide groups is 1. The summed E-state index contributed by atoms with van der Waals surface area (Å²) in [4.78, 5) is 51.6. The molecule has 4 atom stereocenters. The van der Waals surface area contributed by atoms with E-state index in [1.54, 1.807) is 37.3 Å². The Morgan fingerprint density at radius 2 is 1.68 bits per heavy atom. The van der Waals surface area contributed by atoms with Crippen LogP contribution in [0.1, 0.15) is 32.7 Å². The van der Waals surface area contributed by atoms with Crippen molar-refractivity contribution in [2.75, 3.05) is 10.2 Å². The lowest BCUT2D eigenvalue weighted by Crippen LogP contribution is -2.33. The lowest BCUT2D eigenvalue weighted by atomic mass is 9.85. The first-order valence-corrected chi connectivity index (χ1v) is 10.2. The van der Waals surface area contributed by atoms with Gasteiger partial charge >= 0.3 is 5.97 Å². The number of fused-ring (bicyclic) bond motifs is 5. The minimum atomic E-state index is -1.15. The van der Waals surface area contributed by atoms with E-state index in [4.69, 9.17) is 0 Å². The SMILES string of the molecule is Cc1ccc(C(=O)O)c(NC(=O)c2cccc(N3C(=O)[C@@H]4[C@H](C3=O)[C@H]3C=C[C@H]4C3)c2)c1. The number of aryl methyl sites for hydroxylation is 1. The zero-order valence-electron chi connectivity index (χ0n) is 16.7. The van der Waals surface area contributed by atoms with Crippen molar-refractivity contribution in [1.29, 1.82) is 0 Å². The monoisotopic (exact) mass is 416 g/mol. The molecule has 2 aromatic rings. The maximum Gasteiger partial charge on any atom is 0.337 e. The lowest BCUT2D eigenvalue weighted by molar-refractivity contribution is -0.123. The molecule has 2 aromatic carbocycles. The van der Waals surface area contributed by atoms with Crippen LogP contribution in [-0.2, 0) is 9.59 Å². The van der Waals surface area contributed by atoms with E-state index in [0.29, 0.717) is 5.69 Å². The summed E-state index contributed by atoms with van der Waals surface area (Å²) in [5, 5.41) is 12.0. The highest BCUT2D eigenvalue weighted by molar-refractivity contribution is 6.23. The van der Waals surface area contributed by atoms with Crippen molar-refractivity contribution in [3.05, 3.63) is 71.3 Å². The minimum absolute atomic E-state index is 0.0178. The molecule has 7 nitrogen and oxygen atoms in total. The number of hydrogen-bond acceptors (Lipinski definition) is 4. The highest BCUT2D eigenvalue weighted by Gasteiger charge is 2.59. The summed E-state index contributed by atoms with van der Waals surface area (Å²) in [5.41, 5.74) is 1.56. The molecule has 7 heteroatoms. The van der Waals surface area contributed by atoms with Crippen LogP contribution in [0.5, 0.6) is 0 Å². The van der Waals surface area contributed by atoms with Crippen LogP contribution in [0.3, 0.4) is 0 Å². The van der Waals surface area contributed by atoms with Crippen LogP contribution in [-0.4, -0.2) is 28.8 Å². The van der Waals surface area contributed by atoms with Crippen molar-refractivity contribution >= 4 is 35.1 Å². The number of anilines is 2. The Balaban J connectivity index is 1.42. The Hall–Kier alpha value is -3.74. The number of carbonyl (C=O) groups excluding carboxylic acids is 3. The van der Waals surface area contributed by atoms with Gasteiger partial charge in [0.1, 0.15) is 0 Å². The molecule has 1 saturated heterocycles. The molecule has 0 radical (unpaired) electrons. The van der Waals surface area contributed by atoms with Gasteiger partial charge in [0, 0.05) is 5.56 Å². The third-order valence-corrected chi connectivity index (χ3v) is 6.49. The third-order valence-electron chi connectivity index (χ3n) is 6.49. The van der Waals surface area contributed by atoms with Gasteiger partial charge in [-0.1, -0.05) is 24.3 Å². The summed E-state index contributed by atoms with van der Waals surface area (Å²) >= 11 is 0. The fourth-order valence-corrected chi connectivity index (χ4v) is 5.09. The number of aromatic carboxylic acids is 1. The zero-order valence-corrected chi connectivity index (χ0v) is 16.7. The maximum absolute atomic E-state index is 13.0. The molecule has 1 saturated carbocycles. The Morgan fingerprint density at radius 1 is 1.00 bits per heavy atom. The molecular formula is C24H20N2O5. The van der Waals surface area contributed by atoms with E-state index in [9.17, 15) is 24.3 Å². The molecule has 0 spiro atoms. The van der Waals surface area contributed by atoms with Gasteiger partial charge in [-0.05, 0) is 61.1 Å². The van der Waals surface area contributed by atoms with Gasteiger partial charge in [0.2, 0.25) is 11.8 Å². The molecule has 1 heterocycles. The van der Waals surface area contributed by atoms with Gasteiger partial charge in [0.15, 0.2) is 0 Å². The van der Waals surface area contributed by atoms with Crippen molar-refractivity contribution in [3.63, 3.8) is 0 Å². The van der Waals surface area contributed by atoms with Crippen LogP contribution in [0.2, 0.25) is 0 Å². The standard InChI is InChI=1S/C24H20N2O5/c1-12-5-8-17(24(30)31)18(9-12)25-21(27)15-3-2-4-16(11-15)26-22(28)19-13-6-7-14(10-13)20(19)23(26)29/h2-9,11,13-14,19-20H,10H2,1H3,(H,25,27)(H,30,31)/t13-,14-,19-,20+/m0/s1. The van der Waals surface area contributed by atoms with Crippen LogP contribution >= 0.6 is 0 Å². The molecule has 2 aliphatic carbocycles. The van der Waals surface area contributed by atoms with Gasteiger partial charge in [0.25, 0.3) is 5.91 Å². The Morgan fingerprint density at radius 3 is 2.32 bits per heavy atom. The predicted octanol–water partition coefficient (Wildman–Crippen LogP) is 3.26. The number of carbonyl (C=O) groups is 4. The summed E-state index contributed by atoms with van der Waals surface area (Å²) in [6.45, 7) is 1.80. The number of rotatable bonds is 4. The average molecular weight is 416 g/mol. The van der Waals surface area contributed by atoms with Gasteiger partial charge < -0.3 is 10.4 Å². The van der Waals surface area contributed by atoms with Crippen LogP contribution < -0.4 is 10.2 Å². The number of allylic oxidation sites excluding steroid dienone is 2. The third kappa shape index (κ3) is 2.96. The molecule has 31 heavy (non-hydrogen) atoms. The number of nitrogens with one attached hydrogen (secondary N) is 1. The number of nitrogens with zero attached hydrogens (tertiary/aromatic N) is 1. The first-order valence-electron chi connectivity index (χ1n) is 10.2. The highest BCUT2D eigenvalue weighted by Crippen LogP contribution is 2.53. The average Bonchev–Trinajstić information content (AvgIpc) is 3.41. The fraction of sp³-hybridized carbons (Fsp3) is 0.250. The van der Waals surface area contributed by atoms with E-state index >= 15 is 0 Å². The van der Waals surface area contributed by atoms with Crippen LogP contribution in [0.15, 0.2) is 54.6 Å². The lowest BCUT2D eigenvalue weighted by Gasteiger charge is -2.18. The second kappa shape index (κ2) is 6.91. The minimum Gasteiger partial charge on any atom is -0.478 e. The van der Waals surface area contributed by atoms with Crippen molar-refractivity contribution in [2.45, 2.75) is 13.3 Å². The van der Waals surface area contributed by atoms with Crippen molar-refractivity contribution in [3.8, 4) is 0 Å². The fourth-order valence-electron chi connectivity index (χ4n) is 5.09. The summed E-state index contributed by atoms with van der Waals surface area (Å²) in [6.07, 6.45) is 4.92. The number of amides is 3. The first kappa shape index (κ1) is 19.2. The molecule has 2 bridgehead atoms. The second-order valence-corrected chi connectivity index (χ2v) is 8.37. The van der Waals surface area contributed by atoms with Gasteiger partial charge in [-0.15, -0.1) is 0 Å². The van der Waals surface area contributed by atoms with E-state index in [-0.39, 0.29) is 52.3 Å². The van der Waals surface area contributed by atoms with Crippen molar-refractivity contribution < 1.29 is 24.3 Å². The zero-order chi connectivity index (χ0) is 21.9. The Bertz CT molecular complexity index is 1150. The second-order valence-electron chi connectivity index (χ2n) is 8.37. The van der Waals surface area contributed by atoms with E-state index in [0.717, 1.165) is 12.0 Å². The van der Waals surface area contributed by atoms with Crippen LogP contribution in [0, 0.1) is 30.6 Å². The van der Waals surface area contributed by atoms with Crippen molar-refractivity contribution in [1.82, 2.24) is 0 Å². The molecule has 3 aliphatic rings. The van der Waals surface area contributed by atoms with E-state index in [2.05, 4.69) is 5.32 Å². The summed E-state index contributed by atoms with van der Waals surface area (Å²) < 4.78 is 0. The van der Waals surface area contributed by atoms with Crippen LogP contribution in [0.4, 0.5) is 11.4 Å². The quantitative estimate of drug-likeness (QED) is 0.588. The maximum atomic E-state index is 13.0. The molecule has 0 aromatic heterocycles.